The highest BCUT2D eigenvalue weighted by atomic mass is 32.1. The van der Waals surface area contributed by atoms with E-state index in [0.717, 1.165) is 28.8 Å². The standard InChI is InChI=1S/C14H22N2OS/c1-5-14(4)6-8-16(9-7-14)13-15-10(2)12(18-13)11(3)17/h5-9H2,1-4H3. The number of rotatable bonds is 3. The molecule has 1 saturated heterocycles. The lowest BCUT2D eigenvalue weighted by molar-refractivity contribution is 0.102. The van der Waals surface area contributed by atoms with Gasteiger partial charge in [-0.25, -0.2) is 4.98 Å². The van der Waals surface area contributed by atoms with Gasteiger partial charge in [0.15, 0.2) is 10.9 Å². The predicted molar refractivity (Wildman–Crippen MR) is 76.7 cm³/mol. The van der Waals surface area contributed by atoms with Gasteiger partial charge in [-0.05, 0) is 25.2 Å². The molecule has 0 N–H and O–H groups in total. The molecule has 0 atom stereocenters. The number of thiazole rings is 1. The van der Waals surface area contributed by atoms with Crippen molar-refractivity contribution in [3.05, 3.63) is 10.6 Å². The van der Waals surface area contributed by atoms with Crippen LogP contribution in [0.25, 0.3) is 0 Å². The highest BCUT2D eigenvalue weighted by Crippen LogP contribution is 2.37. The molecule has 0 radical (unpaired) electrons. The van der Waals surface area contributed by atoms with E-state index in [4.69, 9.17) is 0 Å². The van der Waals surface area contributed by atoms with Gasteiger partial charge in [0.25, 0.3) is 0 Å². The number of Topliss-reactive ketones (excluding diaryl/α,β-unsaturated/α-hetero) is 1. The van der Waals surface area contributed by atoms with E-state index in [0.29, 0.717) is 5.41 Å². The van der Waals surface area contributed by atoms with E-state index in [-0.39, 0.29) is 5.78 Å². The van der Waals surface area contributed by atoms with Crippen molar-refractivity contribution in [3.63, 3.8) is 0 Å². The smallest absolute Gasteiger partial charge is 0.186 e. The first-order valence-corrected chi connectivity index (χ1v) is 7.50. The molecule has 1 aliphatic rings. The molecule has 0 unspecified atom stereocenters. The molecule has 0 spiro atoms. The van der Waals surface area contributed by atoms with Gasteiger partial charge in [0.2, 0.25) is 0 Å². The number of hydrogen-bond acceptors (Lipinski definition) is 4. The topological polar surface area (TPSA) is 33.2 Å². The molecule has 1 aliphatic heterocycles. The second kappa shape index (κ2) is 5.00. The summed E-state index contributed by atoms with van der Waals surface area (Å²) in [4.78, 5) is 19.2. The van der Waals surface area contributed by atoms with Crippen molar-refractivity contribution in [1.82, 2.24) is 4.98 Å². The monoisotopic (exact) mass is 266 g/mol. The fraction of sp³-hybridized carbons (Fsp3) is 0.714. The third kappa shape index (κ3) is 2.58. The first kappa shape index (κ1) is 13.5. The van der Waals surface area contributed by atoms with Gasteiger partial charge >= 0.3 is 0 Å². The van der Waals surface area contributed by atoms with E-state index in [1.54, 1.807) is 18.3 Å². The van der Waals surface area contributed by atoms with Crippen molar-refractivity contribution < 1.29 is 4.79 Å². The molecule has 0 saturated carbocycles. The van der Waals surface area contributed by atoms with Crippen LogP contribution in [0.4, 0.5) is 5.13 Å². The Hall–Kier alpha value is -0.900. The molecular weight excluding hydrogens is 244 g/mol. The van der Waals surface area contributed by atoms with Crippen molar-refractivity contribution in [1.29, 1.82) is 0 Å². The van der Waals surface area contributed by atoms with Crippen LogP contribution in [0.1, 0.15) is 55.4 Å². The lowest BCUT2D eigenvalue weighted by Crippen LogP contribution is -2.38. The number of anilines is 1. The van der Waals surface area contributed by atoms with Crippen molar-refractivity contribution in [2.24, 2.45) is 5.41 Å². The fourth-order valence-corrected chi connectivity index (χ4v) is 3.45. The Labute approximate surface area is 113 Å². The fourth-order valence-electron chi connectivity index (χ4n) is 2.44. The zero-order valence-corrected chi connectivity index (χ0v) is 12.6. The molecule has 18 heavy (non-hydrogen) atoms. The van der Waals surface area contributed by atoms with Crippen LogP contribution in [-0.2, 0) is 0 Å². The van der Waals surface area contributed by atoms with Gasteiger partial charge in [0.1, 0.15) is 0 Å². The van der Waals surface area contributed by atoms with E-state index < -0.39 is 0 Å². The summed E-state index contributed by atoms with van der Waals surface area (Å²) in [5.74, 6) is 0.131. The minimum atomic E-state index is 0.131. The van der Waals surface area contributed by atoms with Crippen LogP contribution in [0.15, 0.2) is 0 Å². The normalized spacial score (nSPS) is 19.0. The third-order valence-corrected chi connectivity index (χ3v) is 5.52. The van der Waals surface area contributed by atoms with Crippen molar-refractivity contribution in [2.75, 3.05) is 18.0 Å². The third-order valence-electron chi connectivity index (χ3n) is 4.20. The number of aromatic nitrogens is 1. The molecule has 0 amide bonds. The second-order valence-electron chi connectivity index (χ2n) is 5.62. The molecule has 100 valence electrons. The van der Waals surface area contributed by atoms with E-state index in [1.807, 2.05) is 6.92 Å². The Kier molecular flexibility index (Phi) is 3.76. The molecule has 1 aromatic rings. The first-order valence-electron chi connectivity index (χ1n) is 6.68. The maximum absolute atomic E-state index is 11.5. The minimum absolute atomic E-state index is 0.131. The van der Waals surface area contributed by atoms with Gasteiger partial charge in [0.05, 0.1) is 10.6 Å². The Bertz CT molecular complexity index is 445. The Morgan fingerprint density at radius 1 is 1.44 bits per heavy atom. The lowest BCUT2D eigenvalue weighted by Gasteiger charge is -2.38. The molecular formula is C14H22N2OS. The molecule has 0 aromatic carbocycles. The van der Waals surface area contributed by atoms with Gasteiger partial charge in [-0.15, -0.1) is 0 Å². The molecule has 0 aliphatic carbocycles. The molecule has 3 nitrogen and oxygen atoms in total. The second-order valence-corrected chi connectivity index (χ2v) is 6.60. The van der Waals surface area contributed by atoms with Crippen LogP contribution in [0.5, 0.6) is 0 Å². The minimum Gasteiger partial charge on any atom is -0.348 e. The summed E-state index contributed by atoms with van der Waals surface area (Å²) >= 11 is 1.55. The number of carbonyl (C=O) groups excluding carboxylic acids is 1. The Morgan fingerprint density at radius 2 is 2.06 bits per heavy atom. The van der Waals surface area contributed by atoms with Crippen LogP contribution in [0, 0.1) is 12.3 Å². The van der Waals surface area contributed by atoms with E-state index >= 15 is 0 Å². The molecule has 4 heteroatoms. The Morgan fingerprint density at radius 3 is 2.50 bits per heavy atom. The molecule has 2 heterocycles. The maximum Gasteiger partial charge on any atom is 0.186 e. The summed E-state index contributed by atoms with van der Waals surface area (Å²) < 4.78 is 0. The van der Waals surface area contributed by atoms with Gasteiger partial charge in [0, 0.05) is 20.0 Å². The van der Waals surface area contributed by atoms with Crippen LogP contribution < -0.4 is 4.90 Å². The number of aryl methyl sites for hydroxylation is 1. The SMILES string of the molecule is CCC1(C)CCN(c2nc(C)c(C(C)=O)s2)CC1. The summed E-state index contributed by atoms with van der Waals surface area (Å²) in [6.07, 6.45) is 3.69. The lowest BCUT2D eigenvalue weighted by atomic mass is 9.78. The predicted octanol–water partition coefficient (Wildman–Crippen LogP) is 3.67. The van der Waals surface area contributed by atoms with E-state index in [1.165, 1.54) is 19.3 Å². The molecule has 1 fully saturated rings. The van der Waals surface area contributed by atoms with Gasteiger partial charge in [-0.1, -0.05) is 31.6 Å². The summed E-state index contributed by atoms with van der Waals surface area (Å²) in [5.41, 5.74) is 1.37. The number of carbonyl (C=O) groups is 1. The van der Waals surface area contributed by atoms with Gasteiger partial charge < -0.3 is 4.90 Å². The summed E-state index contributed by atoms with van der Waals surface area (Å²) in [6, 6.07) is 0. The zero-order valence-electron chi connectivity index (χ0n) is 11.7. The van der Waals surface area contributed by atoms with Crippen molar-refractivity contribution in [2.45, 2.75) is 47.0 Å². The first-order chi connectivity index (χ1) is 8.45. The highest BCUT2D eigenvalue weighted by Gasteiger charge is 2.29. The van der Waals surface area contributed by atoms with Gasteiger partial charge in [-0.2, -0.15) is 0 Å². The van der Waals surface area contributed by atoms with Crippen LogP contribution in [0.2, 0.25) is 0 Å². The van der Waals surface area contributed by atoms with Gasteiger partial charge in [-0.3, -0.25) is 4.79 Å². The van der Waals surface area contributed by atoms with Crippen LogP contribution in [-0.4, -0.2) is 23.9 Å². The highest BCUT2D eigenvalue weighted by molar-refractivity contribution is 7.17. The number of hydrogen-bond donors (Lipinski definition) is 0. The van der Waals surface area contributed by atoms with E-state index in [2.05, 4.69) is 23.7 Å². The Balaban J connectivity index is 2.10. The molecule has 1 aromatic heterocycles. The summed E-state index contributed by atoms with van der Waals surface area (Å²) in [6.45, 7) is 10.3. The summed E-state index contributed by atoms with van der Waals surface area (Å²) in [7, 11) is 0. The molecule has 0 bridgehead atoms. The maximum atomic E-state index is 11.5. The zero-order chi connectivity index (χ0) is 13.3. The molecule has 2 rings (SSSR count). The van der Waals surface area contributed by atoms with Crippen LogP contribution >= 0.6 is 11.3 Å². The van der Waals surface area contributed by atoms with Crippen molar-refractivity contribution >= 4 is 22.3 Å². The van der Waals surface area contributed by atoms with Crippen LogP contribution in [0.3, 0.4) is 0 Å². The number of nitrogens with zero attached hydrogens (tertiary/aromatic N) is 2. The van der Waals surface area contributed by atoms with Crippen molar-refractivity contribution in [3.8, 4) is 0 Å². The van der Waals surface area contributed by atoms with E-state index in [9.17, 15) is 4.79 Å². The number of ketones is 1. The average Bonchev–Trinajstić information content (AvgIpc) is 2.72. The average molecular weight is 266 g/mol. The number of piperidine rings is 1. The quantitative estimate of drug-likeness (QED) is 0.783. The summed E-state index contributed by atoms with van der Waals surface area (Å²) in [5, 5.41) is 1.02. The largest absolute Gasteiger partial charge is 0.348 e.